The van der Waals surface area contributed by atoms with Crippen LogP contribution in [0.2, 0.25) is 0 Å². The summed E-state index contributed by atoms with van der Waals surface area (Å²) < 4.78 is 40.4. The summed E-state index contributed by atoms with van der Waals surface area (Å²) in [6.07, 6.45) is -2.83. The van der Waals surface area contributed by atoms with Crippen molar-refractivity contribution in [1.82, 2.24) is 4.40 Å². The lowest BCUT2D eigenvalue weighted by atomic mass is 10.0. The number of halogens is 3. The lowest BCUT2D eigenvalue weighted by molar-refractivity contribution is -0.137. The number of hydrogen-bond acceptors (Lipinski definition) is 3. The first-order valence-electron chi connectivity index (χ1n) is 10.2. The van der Waals surface area contributed by atoms with Crippen LogP contribution in [0.5, 0.6) is 0 Å². The maximum absolute atomic E-state index is 13.3. The first-order chi connectivity index (χ1) is 15.6. The number of rotatable bonds is 5. The molecule has 168 valence electrons. The number of alkyl halides is 3. The summed E-state index contributed by atoms with van der Waals surface area (Å²) in [6, 6.07) is 17.0. The highest BCUT2D eigenvalue weighted by molar-refractivity contribution is 6.10. The number of pyridine rings is 1. The lowest BCUT2D eigenvalue weighted by Crippen LogP contribution is -2.08. The minimum Gasteiger partial charge on any atom is -0.378 e. The first-order valence-corrected chi connectivity index (χ1v) is 10.2. The van der Waals surface area contributed by atoms with Crippen LogP contribution in [0, 0.1) is 0 Å². The van der Waals surface area contributed by atoms with Gasteiger partial charge in [-0.25, -0.2) is 0 Å². The molecule has 4 aromatic rings. The van der Waals surface area contributed by atoms with Crippen LogP contribution in [-0.2, 0) is 6.18 Å². The zero-order chi connectivity index (χ0) is 23.9. The topological polar surface area (TPSA) is 41.8 Å². The molecule has 2 aromatic carbocycles. The van der Waals surface area contributed by atoms with Crippen molar-refractivity contribution in [3.05, 3.63) is 95.3 Å². The van der Waals surface area contributed by atoms with Crippen LogP contribution in [0.1, 0.15) is 38.9 Å². The third kappa shape index (κ3) is 4.26. The van der Waals surface area contributed by atoms with Crippen molar-refractivity contribution in [2.45, 2.75) is 13.1 Å². The Bertz CT molecular complexity index is 1350. The van der Waals surface area contributed by atoms with E-state index in [9.17, 15) is 22.8 Å². The highest BCUT2D eigenvalue weighted by atomic mass is 19.4. The average molecular weight is 450 g/mol. The molecular formula is C26H21F3N2O2. The Balaban J connectivity index is 1.85. The van der Waals surface area contributed by atoms with E-state index in [0.717, 1.165) is 28.9 Å². The van der Waals surface area contributed by atoms with Crippen molar-refractivity contribution < 1.29 is 22.8 Å². The number of ketones is 2. The molecule has 4 nitrogen and oxygen atoms in total. The van der Waals surface area contributed by atoms with E-state index in [2.05, 4.69) is 0 Å². The Labute approximate surface area is 188 Å². The van der Waals surface area contributed by atoms with E-state index < -0.39 is 17.5 Å². The minimum atomic E-state index is -4.47. The van der Waals surface area contributed by atoms with E-state index in [1.807, 2.05) is 43.3 Å². The van der Waals surface area contributed by atoms with Crippen molar-refractivity contribution in [2.75, 3.05) is 19.0 Å². The second kappa shape index (κ2) is 8.24. The largest absolute Gasteiger partial charge is 0.416 e. The Kier molecular flexibility index (Phi) is 5.57. The van der Waals surface area contributed by atoms with E-state index in [0.29, 0.717) is 16.8 Å². The summed E-state index contributed by atoms with van der Waals surface area (Å²) in [5.74, 6) is -0.520. The summed E-state index contributed by atoms with van der Waals surface area (Å²) in [6.45, 7) is 1.47. The Morgan fingerprint density at radius 2 is 1.48 bits per heavy atom. The van der Waals surface area contributed by atoms with E-state index in [-0.39, 0.29) is 11.3 Å². The molecule has 0 saturated heterocycles. The molecule has 0 unspecified atom stereocenters. The number of anilines is 1. The average Bonchev–Trinajstić information content (AvgIpc) is 3.17. The summed E-state index contributed by atoms with van der Waals surface area (Å²) in [5.41, 5.74) is 3.40. The highest BCUT2D eigenvalue weighted by Crippen LogP contribution is 2.32. The van der Waals surface area contributed by atoms with Crippen molar-refractivity contribution >= 4 is 22.8 Å². The van der Waals surface area contributed by atoms with Gasteiger partial charge in [-0.3, -0.25) is 9.59 Å². The number of carbonyl (C=O) groups excluding carboxylic acids is 2. The number of nitrogens with zero attached hydrogens (tertiary/aromatic N) is 2. The number of hydrogen-bond donors (Lipinski definition) is 0. The number of carbonyl (C=O) groups is 2. The van der Waals surface area contributed by atoms with Gasteiger partial charge in [-0.1, -0.05) is 24.3 Å². The zero-order valence-electron chi connectivity index (χ0n) is 18.3. The monoisotopic (exact) mass is 450 g/mol. The highest BCUT2D eigenvalue weighted by Gasteiger charge is 2.30. The van der Waals surface area contributed by atoms with Gasteiger partial charge in [0, 0.05) is 42.7 Å². The molecular weight excluding hydrogens is 429 g/mol. The van der Waals surface area contributed by atoms with Crippen molar-refractivity contribution in [3.8, 4) is 11.1 Å². The second-order valence-corrected chi connectivity index (χ2v) is 8.02. The van der Waals surface area contributed by atoms with Gasteiger partial charge in [-0.05, 0) is 55.0 Å². The minimum absolute atomic E-state index is 0.108. The lowest BCUT2D eigenvalue weighted by Gasteiger charge is -2.12. The van der Waals surface area contributed by atoms with Gasteiger partial charge in [-0.15, -0.1) is 0 Å². The van der Waals surface area contributed by atoms with E-state index >= 15 is 0 Å². The Morgan fingerprint density at radius 3 is 2.03 bits per heavy atom. The molecule has 4 rings (SSSR count). The van der Waals surface area contributed by atoms with Gasteiger partial charge in [0.1, 0.15) is 0 Å². The molecule has 0 spiro atoms. The van der Waals surface area contributed by atoms with Gasteiger partial charge in [0.15, 0.2) is 5.78 Å². The number of fused-ring (bicyclic) bond motifs is 1. The third-order valence-corrected chi connectivity index (χ3v) is 5.58. The molecule has 2 heterocycles. The van der Waals surface area contributed by atoms with Crippen LogP contribution in [0.15, 0.2) is 72.9 Å². The maximum atomic E-state index is 13.3. The Hall–Kier alpha value is -3.87. The molecule has 0 radical (unpaired) electrons. The number of benzene rings is 2. The smallest absolute Gasteiger partial charge is 0.378 e. The molecule has 0 aliphatic carbocycles. The van der Waals surface area contributed by atoms with Crippen molar-refractivity contribution in [2.24, 2.45) is 0 Å². The Morgan fingerprint density at radius 1 is 0.848 bits per heavy atom. The van der Waals surface area contributed by atoms with Gasteiger partial charge < -0.3 is 9.30 Å². The first kappa shape index (κ1) is 22.3. The van der Waals surface area contributed by atoms with Crippen LogP contribution in [0.4, 0.5) is 18.9 Å². The molecule has 0 N–H and O–H groups in total. The van der Waals surface area contributed by atoms with Gasteiger partial charge in [-0.2, -0.15) is 13.2 Å². The molecule has 0 amide bonds. The molecule has 33 heavy (non-hydrogen) atoms. The zero-order valence-corrected chi connectivity index (χ0v) is 18.3. The van der Waals surface area contributed by atoms with Crippen LogP contribution in [0.25, 0.3) is 16.6 Å². The quantitative estimate of drug-likeness (QED) is 0.344. The van der Waals surface area contributed by atoms with E-state index in [1.165, 1.54) is 19.1 Å². The van der Waals surface area contributed by atoms with Crippen LogP contribution in [-0.4, -0.2) is 30.1 Å². The van der Waals surface area contributed by atoms with Crippen molar-refractivity contribution in [1.29, 1.82) is 0 Å². The van der Waals surface area contributed by atoms with Gasteiger partial charge >= 0.3 is 6.18 Å². The molecule has 0 atom stereocenters. The fourth-order valence-corrected chi connectivity index (χ4v) is 3.72. The van der Waals surface area contributed by atoms with Crippen LogP contribution < -0.4 is 4.90 Å². The number of aromatic nitrogens is 1. The summed E-state index contributed by atoms with van der Waals surface area (Å²) >= 11 is 0. The fraction of sp³-hybridized carbons (Fsp3) is 0.154. The molecule has 2 aromatic heterocycles. The number of Topliss-reactive ketones (excluding diaryl/α,β-unsaturated/α-hetero) is 1. The predicted molar refractivity (Wildman–Crippen MR) is 122 cm³/mol. The van der Waals surface area contributed by atoms with Gasteiger partial charge in [0.05, 0.1) is 16.8 Å². The summed E-state index contributed by atoms with van der Waals surface area (Å²) in [5, 5.41) is 0. The molecule has 7 heteroatoms. The molecule has 0 bridgehead atoms. The van der Waals surface area contributed by atoms with Crippen LogP contribution >= 0.6 is 0 Å². The third-order valence-electron chi connectivity index (χ3n) is 5.58. The molecule has 0 aliphatic rings. The summed E-state index contributed by atoms with van der Waals surface area (Å²) in [4.78, 5) is 27.2. The summed E-state index contributed by atoms with van der Waals surface area (Å²) in [7, 11) is 3.87. The normalized spacial score (nSPS) is 11.6. The maximum Gasteiger partial charge on any atom is 0.416 e. The van der Waals surface area contributed by atoms with Gasteiger partial charge in [0.25, 0.3) is 0 Å². The van der Waals surface area contributed by atoms with E-state index in [1.54, 1.807) is 28.8 Å². The van der Waals surface area contributed by atoms with Crippen molar-refractivity contribution in [3.63, 3.8) is 0 Å². The second-order valence-electron chi connectivity index (χ2n) is 8.02. The molecule has 0 fully saturated rings. The molecule has 0 aliphatic heterocycles. The fourth-order valence-electron chi connectivity index (χ4n) is 3.72. The SMILES string of the molecule is CC(=O)c1ccn2c(C(=O)c3ccc(C(F)(F)F)cc3)cc(-c3ccc(N(C)C)cc3)c2c1. The molecule has 0 saturated carbocycles. The van der Waals surface area contributed by atoms with Crippen LogP contribution in [0.3, 0.4) is 0 Å². The predicted octanol–water partition coefficient (Wildman–Crippen LogP) is 6.12. The van der Waals surface area contributed by atoms with Gasteiger partial charge in [0.2, 0.25) is 5.78 Å². The standard InChI is InChI=1S/C26H21F3N2O2/c1-16(32)19-12-13-31-23(14-19)22(17-6-10-21(11-7-17)30(2)3)15-24(31)25(33)18-4-8-20(9-5-18)26(27,28)29/h4-15H,1-3H3. The van der Waals surface area contributed by atoms with E-state index in [4.69, 9.17) is 0 Å².